The molecule has 2 amide bonds. The molecule has 2 aliphatic rings. The zero-order valence-electron chi connectivity index (χ0n) is 13.6. The summed E-state index contributed by atoms with van der Waals surface area (Å²) in [5.74, 6) is 0.396. The third-order valence-electron chi connectivity index (χ3n) is 5.43. The van der Waals surface area contributed by atoms with Gasteiger partial charge in [-0.05, 0) is 44.9 Å². The van der Waals surface area contributed by atoms with E-state index in [4.69, 9.17) is 10.2 Å². The van der Waals surface area contributed by atoms with Gasteiger partial charge < -0.3 is 15.1 Å². The molecule has 2 N–H and O–H groups in total. The lowest BCUT2D eigenvalue weighted by Gasteiger charge is -2.41. The molecule has 7 heteroatoms. The number of primary amides is 1. The Labute approximate surface area is 140 Å². The van der Waals surface area contributed by atoms with Crippen LogP contribution in [-0.2, 0) is 0 Å². The number of hydrogen-bond acceptors (Lipinski definition) is 5. The van der Waals surface area contributed by atoms with Gasteiger partial charge in [0.2, 0.25) is 12.3 Å². The van der Waals surface area contributed by atoms with Crippen LogP contribution < -0.4 is 10.6 Å². The molecule has 3 heterocycles. The molecule has 0 unspecified atom stereocenters. The minimum atomic E-state index is -0.434. The Morgan fingerprint density at radius 2 is 2.00 bits per heavy atom. The predicted molar refractivity (Wildman–Crippen MR) is 89.4 cm³/mol. The Bertz CT molecular complexity index is 718. The molecule has 2 saturated heterocycles. The van der Waals surface area contributed by atoms with E-state index in [1.165, 1.54) is 19.2 Å². The quantitative estimate of drug-likeness (QED) is 0.934. The van der Waals surface area contributed by atoms with Crippen molar-refractivity contribution < 1.29 is 9.21 Å². The maximum absolute atomic E-state index is 12.3. The predicted octanol–water partition coefficient (Wildman–Crippen LogP) is 2.25. The number of amides is 2. The average Bonchev–Trinajstić information content (AvgIpc) is 3.15. The zero-order valence-corrected chi connectivity index (χ0v) is 13.6. The smallest absolute Gasteiger partial charge is 0.319 e. The van der Waals surface area contributed by atoms with Crippen LogP contribution in [-0.4, -0.2) is 46.3 Å². The standard InChI is InChI=1S/C17H21N5O2/c1-21-11-6-7-12(21)9-13(8-11)22(17(18)23)15-5-3-2-4-14(15)16-20-19-10-24-16/h2-5,10-13H,6-9H2,1H3,(H2,18,23)/t11-,12+,13+. The fourth-order valence-corrected chi connectivity index (χ4v) is 4.24. The number of fused-ring (bicyclic) bond motifs is 2. The molecule has 3 atom stereocenters. The molecule has 2 fully saturated rings. The molecule has 0 aliphatic carbocycles. The maximum atomic E-state index is 12.3. The molecule has 0 saturated carbocycles. The number of benzene rings is 1. The van der Waals surface area contributed by atoms with Crippen LogP contribution in [0.2, 0.25) is 0 Å². The van der Waals surface area contributed by atoms with Crippen molar-refractivity contribution >= 4 is 11.7 Å². The number of rotatable bonds is 3. The Kier molecular flexibility index (Phi) is 3.72. The Morgan fingerprint density at radius 1 is 1.29 bits per heavy atom. The van der Waals surface area contributed by atoms with Crippen molar-refractivity contribution in [3.8, 4) is 11.5 Å². The number of nitrogens with two attached hydrogens (primary N) is 1. The number of urea groups is 1. The lowest BCUT2D eigenvalue weighted by Crippen LogP contribution is -2.52. The van der Waals surface area contributed by atoms with E-state index in [0.29, 0.717) is 18.0 Å². The van der Waals surface area contributed by atoms with E-state index in [9.17, 15) is 4.79 Å². The lowest BCUT2D eigenvalue weighted by atomic mass is 9.95. The number of carbonyl (C=O) groups is 1. The van der Waals surface area contributed by atoms with E-state index in [-0.39, 0.29) is 6.04 Å². The summed E-state index contributed by atoms with van der Waals surface area (Å²) in [6.07, 6.45) is 5.55. The minimum absolute atomic E-state index is 0.0975. The van der Waals surface area contributed by atoms with Crippen LogP contribution in [0.15, 0.2) is 35.1 Å². The van der Waals surface area contributed by atoms with Gasteiger partial charge in [-0.1, -0.05) is 12.1 Å². The first-order valence-corrected chi connectivity index (χ1v) is 8.31. The van der Waals surface area contributed by atoms with Crippen LogP contribution >= 0.6 is 0 Å². The van der Waals surface area contributed by atoms with Crippen molar-refractivity contribution in [2.45, 2.75) is 43.8 Å². The van der Waals surface area contributed by atoms with Crippen LogP contribution in [0.3, 0.4) is 0 Å². The average molecular weight is 327 g/mol. The van der Waals surface area contributed by atoms with Crippen molar-refractivity contribution in [2.24, 2.45) is 5.73 Å². The van der Waals surface area contributed by atoms with Gasteiger partial charge in [0.1, 0.15) is 0 Å². The van der Waals surface area contributed by atoms with Crippen molar-refractivity contribution in [3.05, 3.63) is 30.7 Å². The molecule has 4 rings (SSSR count). The molecular weight excluding hydrogens is 306 g/mol. The Morgan fingerprint density at radius 3 is 2.62 bits per heavy atom. The highest BCUT2D eigenvalue weighted by atomic mass is 16.4. The monoisotopic (exact) mass is 327 g/mol. The van der Waals surface area contributed by atoms with E-state index in [1.54, 1.807) is 4.90 Å². The summed E-state index contributed by atoms with van der Waals surface area (Å²) in [6.45, 7) is 0. The second kappa shape index (κ2) is 5.90. The lowest BCUT2D eigenvalue weighted by molar-refractivity contribution is 0.160. The van der Waals surface area contributed by atoms with E-state index >= 15 is 0 Å². The topological polar surface area (TPSA) is 88.5 Å². The summed E-state index contributed by atoms with van der Waals surface area (Å²) in [5.41, 5.74) is 7.25. The van der Waals surface area contributed by atoms with Crippen LogP contribution in [0.4, 0.5) is 10.5 Å². The highest BCUT2D eigenvalue weighted by Crippen LogP contribution is 2.39. The molecule has 0 spiro atoms. The molecule has 7 nitrogen and oxygen atoms in total. The number of hydrogen-bond donors (Lipinski definition) is 1. The van der Waals surface area contributed by atoms with Gasteiger partial charge >= 0.3 is 6.03 Å². The van der Waals surface area contributed by atoms with E-state index < -0.39 is 6.03 Å². The summed E-state index contributed by atoms with van der Waals surface area (Å²) < 4.78 is 5.34. The van der Waals surface area contributed by atoms with Crippen LogP contribution in [0, 0.1) is 0 Å². The van der Waals surface area contributed by atoms with E-state index in [1.807, 2.05) is 24.3 Å². The summed E-state index contributed by atoms with van der Waals surface area (Å²) in [6, 6.07) is 8.26. The number of piperidine rings is 1. The SMILES string of the molecule is CN1[C@@H]2CC[C@H]1C[C@@H](N(C(N)=O)c1ccccc1-c1nnco1)C2. The van der Waals surface area contributed by atoms with Gasteiger partial charge in [0.25, 0.3) is 0 Å². The Hall–Kier alpha value is -2.41. The fourth-order valence-electron chi connectivity index (χ4n) is 4.24. The van der Waals surface area contributed by atoms with Crippen molar-refractivity contribution in [3.63, 3.8) is 0 Å². The molecule has 126 valence electrons. The maximum Gasteiger partial charge on any atom is 0.319 e. The normalized spacial score (nSPS) is 26.5. The first-order valence-electron chi connectivity index (χ1n) is 8.31. The van der Waals surface area contributed by atoms with Crippen LogP contribution in [0.25, 0.3) is 11.5 Å². The van der Waals surface area contributed by atoms with Gasteiger partial charge in [-0.25, -0.2) is 4.79 Å². The first-order chi connectivity index (χ1) is 11.6. The second-order valence-electron chi connectivity index (χ2n) is 6.64. The fraction of sp³-hybridized carbons (Fsp3) is 0.471. The van der Waals surface area contributed by atoms with E-state index in [0.717, 1.165) is 24.1 Å². The third-order valence-corrected chi connectivity index (χ3v) is 5.43. The van der Waals surface area contributed by atoms with Gasteiger partial charge in [-0.15, -0.1) is 10.2 Å². The molecule has 1 aromatic carbocycles. The van der Waals surface area contributed by atoms with Crippen LogP contribution in [0.5, 0.6) is 0 Å². The van der Waals surface area contributed by atoms with Crippen LogP contribution in [0.1, 0.15) is 25.7 Å². The van der Waals surface area contributed by atoms with Gasteiger partial charge in [-0.2, -0.15) is 0 Å². The number of nitrogens with zero attached hydrogens (tertiary/aromatic N) is 4. The van der Waals surface area contributed by atoms with Crippen molar-refractivity contribution in [2.75, 3.05) is 11.9 Å². The highest BCUT2D eigenvalue weighted by molar-refractivity contribution is 5.95. The molecule has 0 radical (unpaired) electrons. The summed E-state index contributed by atoms with van der Waals surface area (Å²) in [4.78, 5) is 16.5. The summed E-state index contributed by atoms with van der Waals surface area (Å²) in [7, 11) is 2.18. The van der Waals surface area contributed by atoms with Gasteiger partial charge in [0, 0.05) is 18.1 Å². The molecule has 2 aromatic rings. The summed E-state index contributed by atoms with van der Waals surface area (Å²) in [5, 5.41) is 7.73. The molecule has 1 aromatic heterocycles. The van der Waals surface area contributed by atoms with Gasteiger partial charge in [0.15, 0.2) is 0 Å². The van der Waals surface area contributed by atoms with E-state index in [2.05, 4.69) is 22.1 Å². The molecular formula is C17H21N5O2. The number of aromatic nitrogens is 2. The van der Waals surface area contributed by atoms with Gasteiger partial charge in [-0.3, -0.25) is 4.90 Å². The largest absolute Gasteiger partial charge is 0.423 e. The number of carbonyl (C=O) groups excluding carboxylic acids is 1. The third kappa shape index (κ3) is 2.45. The minimum Gasteiger partial charge on any atom is -0.423 e. The van der Waals surface area contributed by atoms with Crippen molar-refractivity contribution in [1.82, 2.24) is 15.1 Å². The van der Waals surface area contributed by atoms with Gasteiger partial charge in [0.05, 0.1) is 11.3 Å². The molecule has 2 bridgehead atoms. The number of para-hydroxylation sites is 1. The first kappa shape index (κ1) is 15.1. The Balaban J connectivity index is 1.72. The molecule has 2 aliphatic heterocycles. The van der Waals surface area contributed by atoms with Crippen molar-refractivity contribution in [1.29, 1.82) is 0 Å². The second-order valence-corrected chi connectivity index (χ2v) is 6.64. The zero-order chi connectivity index (χ0) is 16.7. The highest BCUT2D eigenvalue weighted by Gasteiger charge is 2.42. The molecule has 24 heavy (non-hydrogen) atoms. The summed E-state index contributed by atoms with van der Waals surface area (Å²) >= 11 is 0. The number of anilines is 1.